The maximum absolute atomic E-state index is 11.8. The van der Waals surface area contributed by atoms with Crippen LogP contribution < -0.4 is 0 Å². The van der Waals surface area contributed by atoms with Gasteiger partial charge in [-0.15, -0.1) is 0 Å². The summed E-state index contributed by atoms with van der Waals surface area (Å²) in [6, 6.07) is 9.53. The van der Waals surface area contributed by atoms with E-state index in [0.717, 1.165) is 11.1 Å². The molecule has 3 rings (SSSR count). The fourth-order valence-electron chi connectivity index (χ4n) is 2.21. The van der Waals surface area contributed by atoms with Crippen LogP contribution in [0.1, 0.15) is 28.6 Å². The van der Waals surface area contributed by atoms with Gasteiger partial charge in [0.05, 0.1) is 5.56 Å². The number of hydrogen-bond acceptors (Lipinski definition) is 3. The van der Waals surface area contributed by atoms with Gasteiger partial charge in [0.1, 0.15) is 11.4 Å². The highest BCUT2D eigenvalue weighted by molar-refractivity contribution is 6.07. The molecule has 1 N–H and O–H groups in total. The first-order valence-electron chi connectivity index (χ1n) is 6.15. The first kappa shape index (κ1) is 11.9. The smallest absolute Gasteiger partial charge is 0.189 e. The lowest BCUT2D eigenvalue weighted by atomic mass is 9.91. The van der Waals surface area contributed by atoms with Gasteiger partial charge in [0.15, 0.2) is 11.5 Å². The van der Waals surface area contributed by atoms with Crippen molar-refractivity contribution in [2.45, 2.75) is 19.4 Å². The third kappa shape index (κ3) is 1.92. The first-order valence-corrected chi connectivity index (χ1v) is 6.15. The minimum absolute atomic E-state index is 0.136. The summed E-state index contributed by atoms with van der Waals surface area (Å²) < 4.78 is 5.70. The second kappa shape index (κ2) is 3.93. The van der Waals surface area contributed by atoms with Crippen LogP contribution in [0, 0.1) is 6.92 Å². The van der Waals surface area contributed by atoms with E-state index in [1.165, 1.54) is 12.2 Å². The summed E-state index contributed by atoms with van der Waals surface area (Å²) in [5.41, 5.74) is 1.25. The Hall–Kier alpha value is -2.13. The molecule has 3 heteroatoms. The molecule has 1 heterocycles. The molecule has 0 radical (unpaired) electrons. The van der Waals surface area contributed by atoms with Gasteiger partial charge in [-0.3, -0.25) is 4.79 Å². The minimum Gasteiger partial charge on any atom is -0.457 e. The van der Waals surface area contributed by atoms with E-state index in [1.807, 2.05) is 31.2 Å². The molecule has 0 spiro atoms. The normalized spacial score (nSPS) is 21.5. The van der Waals surface area contributed by atoms with Gasteiger partial charge in [0.25, 0.3) is 0 Å². The van der Waals surface area contributed by atoms with Crippen molar-refractivity contribution >= 4 is 5.78 Å². The molecule has 96 valence electrons. The fraction of sp³-hybridized carbons (Fsp3) is 0.188. The molecular weight excluding hydrogens is 240 g/mol. The van der Waals surface area contributed by atoms with Crippen molar-refractivity contribution in [3.8, 4) is 11.3 Å². The molecule has 1 unspecified atom stereocenters. The molecule has 19 heavy (non-hydrogen) atoms. The zero-order valence-corrected chi connectivity index (χ0v) is 10.8. The lowest BCUT2D eigenvalue weighted by Gasteiger charge is -2.20. The van der Waals surface area contributed by atoms with Crippen molar-refractivity contribution in [2.24, 2.45) is 0 Å². The number of carbonyl (C=O) groups is 1. The molecule has 0 saturated heterocycles. The Bertz CT molecular complexity index is 673. The standard InChI is InChI=1S/C16H14O3/c1-10-3-5-11(6-4-10)14-9-12-13(17)7-8-16(2,18)15(12)19-14/h3-9,18H,1-2H3. The van der Waals surface area contributed by atoms with E-state index < -0.39 is 5.60 Å². The topological polar surface area (TPSA) is 50.4 Å². The highest BCUT2D eigenvalue weighted by atomic mass is 16.4. The van der Waals surface area contributed by atoms with Crippen molar-refractivity contribution in [3.05, 3.63) is 59.4 Å². The lowest BCUT2D eigenvalue weighted by molar-refractivity contribution is 0.0772. The van der Waals surface area contributed by atoms with E-state index in [1.54, 1.807) is 13.0 Å². The predicted molar refractivity (Wildman–Crippen MR) is 71.9 cm³/mol. The molecule has 0 fully saturated rings. The summed E-state index contributed by atoms with van der Waals surface area (Å²) in [5, 5.41) is 10.2. The number of allylic oxidation sites excluding steroid dienone is 1. The number of furan rings is 1. The van der Waals surface area contributed by atoms with Crippen molar-refractivity contribution in [2.75, 3.05) is 0 Å². The molecule has 1 aliphatic carbocycles. The second-order valence-corrected chi connectivity index (χ2v) is 5.06. The van der Waals surface area contributed by atoms with Crippen LogP contribution in [-0.2, 0) is 5.60 Å². The van der Waals surface area contributed by atoms with Crippen molar-refractivity contribution in [1.29, 1.82) is 0 Å². The number of aliphatic hydroxyl groups is 1. The van der Waals surface area contributed by atoms with Crippen LogP contribution in [0.5, 0.6) is 0 Å². The molecule has 1 aromatic carbocycles. The summed E-state index contributed by atoms with van der Waals surface area (Å²) in [6.45, 7) is 3.62. The molecule has 0 saturated carbocycles. The van der Waals surface area contributed by atoms with Crippen LogP contribution in [-0.4, -0.2) is 10.9 Å². The molecular formula is C16H14O3. The predicted octanol–water partition coefficient (Wildman–Crippen LogP) is 3.22. The van der Waals surface area contributed by atoms with Gasteiger partial charge < -0.3 is 9.52 Å². The lowest BCUT2D eigenvalue weighted by Crippen LogP contribution is -2.23. The van der Waals surface area contributed by atoms with Crippen molar-refractivity contribution in [3.63, 3.8) is 0 Å². The number of fused-ring (bicyclic) bond motifs is 1. The average molecular weight is 254 g/mol. The van der Waals surface area contributed by atoms with E-state index >= 15 is 0 Å². The number of ketones is 1. The summed E-state index contributed by atoms with van der Waals surface area (Å²) in [6.07, 6.45) is 2.84. The molecule has 0 bridgehead atoms. The van der Waals surface area contributed by atoms with Crippen LogP contribution >= 0.6 is 0 Å². The van der Waals surface area contributed by atoms with E-state index in [0.29, 0.717) is 17.1 Å². The largest absolute Gasteiger partial charge is 0.457 e. The maximum Gasteiger partial charge on any atom is 0.189 e. The number of benzene rings is 1. The van der Waals surface area contributed by atoms with Crippen LogP contribution in [0.25, 0.3) is 11.3 Å². The van der Waals surface area contributed by atoms with E-state index in [9.17, 15) is 9.90 Å². The quantitative estimate of drug-likeness (QED) is 0.850. The highest BCUT2D eigenvalue weighted by Crippen LogP contribution is 2.36. The van der Waals surface area contributed by atoms with Crippen LogP contribution in [0.3, 0.4) is 0 Å². The van der Waals surface area contributed by atoms with Crippen LogP contribution in [0.15, 0.2) is 46.9 Å². The zero-order chi connectivity index (χ0) is 13.6. The molecule has 1 atom stereocenters. The fourth-order valence-corrected chi connectivity index (χ4v) is 2.21. The number of rotatable bonds is 1. The van der Waals surface area contributed by atoms with Gasteiger partial charge in [-0.25, -0.2) is 0 Å². The Morgan fingerprint density at radius 3 is 2.53 bits per heavy atom. The molecule has 2 aromatic rings. The van der Waals surface area contributed by atoms with Gasteiger partial charge in [0, 0.05) is 5.56 Å². The van der Waals surface area contributed by atoms with E-state index in [-0.39, 0.29) is 5.78 Å². The van der Waals surface area contributed by atoms with Gasteiger partial charge in [-0.05, 0) is 32.1 Å². The summed E-state index contributed by atoms with van der Waals surface area (Å²) in [7, 11) is 0. The van der Waals surface area contributed by atoms with Crippen LogP contribution in [0.2, 0.25) is 0 Å². The average Bonchev–Trinajstić information content (AvgIpc) is 2.82. The van der Waals surface area contributed by atoms with E-state index in [2.05, 4.69) is 0 Å². The third-order valence-corrected chi connectivity index (χ3v) is 3.35. The summed E-state index contributed by atoms with van der Waals surface area (Å²) in [4.78, 5) is 11.8. The molecule has 1 aromatic heterocycles. The molecule has 0 aliphatic heterocycles. The zero-order valence-electron chi connectivity index (χ0n) is 10.8. The Kier molecular flexibility index (Phi) is 2.47. The summed E-state index contributed by atoms with van der Waals surface area (Å²) in [5.74, 6) is 0.779. The molecule has 3 nitrogen and oxygen atoms in total. The minimum atomic E-state index is -1.23. The van der Waals surface area contributed by atoms with E-state index in [4.69, 9.17) is 4.42 Å². The number of hydrogen-bond donors (Lipinski definition) is 1. The molecule has 1 aliphatic rings. The monoisotopic (exact) mass is 254 g/mol. The van der Waals surface area contributed by atoms with Gasteiger partial charge in [0.2, 0.25) is 0 Å². The number of aryl methyl sites for hydroxylation is 1. The number of carbonyl (C=O) groups excluding carboxylic acids is 1. The summed E-state index contributed by atoms with van der Waals surface area (Å²) >= 11 is 0. The third-order valence-electron chi connectivity index (χ3n) is 3.35. The maximum atomic E-state index is 11.8. The Labute approximate surface area is 111 Å². The Morgan fingerprint density at radius 1 is 1.21 bits per heavy atom. The second-order valence-electron chi connectivity index (χ2n) is 5.06. The van der Waals surface area contributed by atoms with Gasteiger partial charge >= 0.3 is 0 Å². The van der Waals surface area contributed by atoms with Crippen LogP contribution in [0.4, 0.5) is 0 Å². The van der Waals surface area contributed by atoms with Gasteiger partial charge in [-0.1, -0.05) is 29.8 Å². The SMILES string of the molecule is Cc1ccc(-c2cc3c(o2)C(C)(O)C=CC3=O)cc1. The highest BCUT2D eigenvalue weighted by Gasteiger charge is 2.34. The Morgan fingerprint density at radius 2 is 1.89 bits per heavy atom. The van der Waals surface area contributed by atoms with Gasteiger partial charge in [-0.2, -0.15) is 0 Å². The van der Waals surface area contributed by atoms with Crippen molar-refractivity contribution < 1.29 is 14.3 Å². The Balaban J connectivity index is 2.13. The van der Waals surface area contributed by atoms with Crippen molar-refractivity contribution in [1.82, 2.24) is 0 Å². The molecule has 0 amide bonds. The first-order chi connectivity index (χ1) is 8.97.